The molecule has 6 nitrogen and oxygen atoms in total. The Morgan fingerprint density at radius 2 is 0.946 bits per heavy atom. The zero-order valence-corrected chi connectivity index (χ0v) is 30.6. The Morgan fingerprint density at radius 1 is 0.393 bits per heavy atom. The van der Waals surface area contributed by atoms with E-state index < -0.39 is 0 Å². The molecule has 11 rings (SSSR count). The normalized spacial score (nSPS) is 11.6. The van der Waals surface area contributed by atoms with Gasteiger partial charge >= 0.3 is 0 Å². The van der Waals surface area contributed by atoms with Crippen LogP contribution in [-0.4, -0.2) is 24.9 Å². The standard InChI is InChI=1S/C49H29N5OS/c1-4-15-30(16-5-1)42-45-43(36-23-10-11-28-40(36)56-45)51-48(50-42)34-22-12-21-33(29-34)35-24-13-25-37-41-38(26-14-27-39(41)55-44(35)37)49-53-46(31-17-6-2-7-18-31)52-47(54-49)32-19-8-3-9-20-32/h1-29H. The van der Waals surface area contributed by atoms with Gasteiger partial charge in [-0.25, -0.2) is 24.9 Å². The second kappa shape index (κ2) is 13.2. The zero-order chi connectivity index (χ0) is 37.0. The molecule has 0 amide bonds. The van der Waals surface area contributed by atoms with Crippen molar-refractivity contribution in [1.82, 2.24) is 24.9 Å². The van der Waals surface area contributed by atoms with Crippen molar-refractivity contribution in [3.63, 3.8) is 0 Å². The van der Waals surface area contributed by atoms with E-state index in [1.165, 1.54) is 4.70 Å². The first-order chi connectivity index (χ1) is 27.7. The molecule has 4 aromatic heterocycles. The number of benzene rings is 7. The molecule has 0 saturated carbocycles. The smallest absolute Gasteiger partial charge is 0.164 e. The van der Waals surface area contributed by atoms with Crippen LogP contribution in [0.4, 0.5) is 0 Å². The molecule has 4 heterocycles. The third kappa shape index (κ3) is 5.44. The van der Waals surface area contributed by atoms with Crippen LogP contribution in [0, 0.1) is 0 Å². The fraction of sp³-hybridized carbons (Fsp3) is 0. The van der Waals surface area contributed by atoms with Gasteiger partial charge in [0.15, 0.2) is 23.3 Å². The minimum atomic E-state index is 0.584. The Hall–Kier alpha value is -7.35. The molecule has 262 valence electrons. The Morgan fingerprint density at radius 3 is 1.70 bits per heavy atom. The average Bonchev–Trinajstić information content (AvgIpc) is 3.86. The molecular weight excluding hydrogens is 707 g/mol. The predicted octanol–water partition coefficient (Wildman–Crippen LogP) is 12.9. The summed E-state index contributed by atoms with van der Waals surface area (Å²) in [5.41, 5.74) is 10.2. The molecular formula is C49H29N5OS. The van der Waals surface area contributed by atoms with E-state index in [9.17, 15) is 0 Å². The average molecular weight is 736 g/mol. The van der Waals surface area contributed by atoms with Crippen LogP contribution >= 0.6 is 11.3 Å². The van der Waals surface area contributed by atoms with E-state index in [0.29, 0.717) is 23.3 Å². The number of nitrogens with zero attached hydrogens (tertiary/aromatic N) is 5. The summed E-state index contributed by atoms with van der Waals surface area (Å²) in [5, 5.41) is 3.07. The van der Waals surface area contributed by atoms with Crippen molar-refractivity contribution in [2.75, 3.05) is 0 Å². The van der Waals surface area contributed by atoms with Gasteiger partial charge in [0.2, 0.25) is 0 Å². The van der Waals surface area contributed by atoms with Gasteiger partial charge in [-0.1, -0.05) is 158 Å². The first-order valence-corrected chi connectivity index (χ1v) is 19.2. The molecule has 0 radical (unpaired) electrons. The van der Waals surface area contributed by atoms with Gasteiger partial charge in [0.1, 0.15) is 11.2 Å². The van der Waals surface area contributed by atoms with Crippen LogP contribution in [0.15, 0.2) is 180 Å². The van der Waals surface area contributed by atoms with Gasteiger partial charge in [0, 0.05) is 54.2 Å². The maximum atomic E-state index is 6.75. The summed E-state index contributed by atoms with van der Waals surface area (Å²) in [6.07, 6.45) is 0. The number of hydrogen-bond donors (Lipinski definition) is 0. The molecule has 0 aliphatic carbocycles. The van der Waals surface area contributed by atoms with Crippen LogP contribution in [-0.2, 0) is 0 Å². The van der Waals surface area contributed by atoms with Gasteiger partial charge in [0.25, 0.3) is 0 Å². The highest BCUT2D eigenvalue weighted by atomic mass is 32.1. The minimum Gasteiger partial charge on any atom is -0.455 e. The van der Waals surface area contributed by atoms with Gasteiger partial charge < -0.3 is 4.42 Å². The number of para-hydroxylation sites is 1. The van der Waals surface area contributed by atoms with Crippen molar-refractivity contribution in [3.8, 4) is 67.9 Å². The molecule has 0 saturated heterocycles. The molecule has 0 fully saturated rings. The number of furan rings is 1. The van der Waals surface area contributed by atoms with Crippen LogP contribution in [0.2, 0.25) is 0 Å². The van der Waals surface area contributed by atoms with Crippen LogP contribution in [0.3, 0.4) is 0 Å². The third-order valence-electron chi connectivity index (χ3n) is 10.2. The highest BCUT2D eigenvalue weighted by Gasteiger charge is 2.21. The molecule has 7 aromatic carbocycles. The van der Waals surface area contributed by atoms with Crippen LogP contribution in [0.25, 0.3) is 110 Å². The highest BCUT2D eigenvalue weighted by molar-refractivity contribution is 7.26. The lowest BCUT2D eigenvalue weighted by Gasteiger charge is -2.09. The van der Waals surface area contributed by atoms with E-state index in [1.54, 1.807) is 11.3 Å². The zero-order valence-electron chi connectivity index (χ0n) is 29.8. The van der Waals surface area contributed by atoms with E-state index in [1.807, 2.05) is 78.9 Å². The highest BCUT2D eigenvalue weighted by Crippen LogP contribution is 2.42. The SMILES string of the molecule is c1ccc(-c2nc(-c3ccccc3)nc(-c3cccc4oc5c(-c6cccc(-c7nc(-c8ccccc8)c8sc9ccccc9c8n7)c6)cccc5c34)n2)cc1. The summed E-state index contributed by atoms with van der Waals surface area (Å²) in [6, 6.07) is 59.7. The summed E-state index contributed by atoms with van der Waals surface area (Å²) in [7, 11) is 0. The number of rotatable bonds is 6. The number of hydrogen-bond acceptors (Lipinski definition) is 7. The lowest BCUT2D eigenvalue weighted by Crippen LogP contribution is -2.00. The molecule has 7 heteroatoms. The van der Waals surface area contributed by atoms with Gasteiger partial charge in [-0.05, 0) is 23.8 Å². The minimum absolute atomic E-state index is 0.584. The fourth-order valence-electron chi connectivity index (χ4n) is 7.53. The maximum Gasteiger partial charge on any atom is 0.164 e. The lowest BCUT2D eigenvalue weighted by molar-refractivity contribution is 0.670. The predicted molar refractivity (Wildman–Crippen MR) is 228 cm³/mol. The Labute approximate surface area is 325 Å². The molecule has 11 aromatic rings. The van der Waals surface area contributed by atoms with Gasteiger partial charge in [-0.2, -0.15) is 0 Å². The summed E-state index contributed by atoms with van der Waals surface area (Å²) < 4.78 is 9.03. The summed E-state index contributed by atoms with van der Waals surface area (Å²) >= 11 is 1.74. The second-order valence-corrected chi connectivity index (χ2v) is 14.7. The van der Waals surface area contributed by atoms with E-state index in [0.717, 1.165) is 82.2 Å². The van der Waals surface area contributed by atoms with E-state index >= 15 is 0 Å². The topological polar surface area (TPSA) is 77.6 Å². The second-order valence-electron chi connectivity index (χ2n) is 13.6. The molecule has 0 aliphatic heterocycles. The molecule has 0 bridgehead atoms. The number of aromatic nitrogens is 5. The molecule has 56 heavy (non-hydrogen) atoms. The van der Waals surface area contributed by atoms with Crippen LogP contribution in [0.1, 0.15) is 0 Å². The largest absolute Gasteiger partial charge is 0.455 e. The Kier molecular flexibility index (Phi) is 7.57. The van der Waals surface area contributed by atoms with Crippen molar-refractivity contribution in [1.29, 1.82) is 0 Å². The third-order valence-corrected chi connectivity index (χ3v) is 11.3. The Balaban J connectivity index is 1.07. The van der Waals surface area contributed by atoms with Crippen molar-refractivity contribution < 1.29 is 4.42 Å². The van der Waals surface area contributed by atoms with E-state index in [4.69, 9.17) is 29.3 Å². The fourth-order valence-corrected chi connectivity index (χ4v) is 8.68. The molecule has 0 atom stereocenters. The summed E-state index contributed by atoms with van der Waals surface area (Å²) in [5.74, 6) is 2.49. The first-order valence-electron chi connectivity index (χ1n) is 18.4. The number of thiophene rings is 1. The van der Waals surface area contributed by atoms with E-state index in [2.05, 4.69) is 97.1 Å². The van der Waals surface area contributed by atoms with Gasteiger partial charge in [-0.3, -0.25) is 0 Å². The van der Waals surface area contributed by atoms with Crippen molar-refractivity contribution in [2.45, 2.75) is 0 Å². The molecule has 0 spiro atoms. The molecule has 0 aliphatic rings. The van der Waals surface area contributed by atoms with Crippen molar-refractivity contribution >= 4 is 53.6 Å². The first kappa shape index (κ1) is 32.1. The van der Waals surface area contributed by atoms with Crippen molar-refractivity contribution in [2.24, 2.45) is 0 Å². The molecule has 0 N–H and O–H groups in total. The number of fused-ring (bicyclic) bond motifs is 6. The Bertz CT molecular complexity index is 3190. The quantitative estimate of drug-likeness (QED) is 0.169. The summed E-state index contributed by atoms with van der Waals surface area (Å²) in [4.78, 5) is 25.5. The van der Waals surface area contributed by atoms with Crippen LogP contribution < -0.4 is 0 Å². The van der Waals surface area contributed by atoms with E-state index in [-0.39, 0.29) is 0 Å². The monoisotopic (exact) mass is 735 g/mol. The molecule has 0 unspecified atom stereocenters. The summed E-state index contributed by atoms with van der Waals surface area (Å²) in [6.45, 7) is 0. The van der Waals surface area contributed by atoms with Crippen LogP contribution in [0.5, 0.6) is 0 Å². The van der Waals surface area contributed by atoms with Gasteiger partial charge in [0.05, 0.1) is 15.9 Å². The maximum absolute atomic E-state index is 6.75. The van der Waals surface area contributed by atoms with Gasteiger partial charge in [-0.15, -0.1) is 11.3 Å². The van der Waals surface area contributed by atoms with Crippen molar-refractivity contribution in [3.05, 3.63) is 176 Å². The lowest BCUT2D eigenvalue weighted by atomic mass is 9.99.